The molecule has 0 unspecified atom stereocenters. The average Bonchev–Trinajstić information content (AvgIpc) is 2.54. The summed E-state index contributed by atoms with van der Waals surface area (Å²) in [5.41, 5.74) is 0. The molecule has 0 spiro atoms. The van der Waals surface area contributed by atoms with Gasteiger partial charge >= 0.3 is 158 Å². The molecular weight excluding hydrogens is 407 g/mol. The van der Waals surface area contributed by atoms with Crippen molar-refractivity contribution in [2.75, 3.05) is 0 Å². The first-order valence-electron chi connectivity index (χ1n) is 8.16. The van der Waals surface area contributed by atoms with E-state index in [9.17, 15) is 14.4 Å². The van der Waals surface area contributed by atoms with Crippen LogP contribution < -0.4 is 4.46 Å². The molecule has 1 fully saturated rings. The van der Waals surface area contributed by atoms with Gasteiger partial charge in [-0.25, -0.2) is 0 Å². The van der Waals surface area contributed by atoms with Crippen molar-refractivity contribution in [1.29, 1.82) is 0 Å². The number of rotatable bonds is 5. The zero-order valence-electron chi connectivity index (χ0n) is 15.0. The number of esters is 3. The summed E-state index contributed by atoms with van der Waals surface area (Å²) in [6.07, 6.45) is -3.17. The van der Waals surface area contributed by atoms with Crippen LogP contribution in [0.5, 0.6) is 0 Å². The zero-order chi connectivity index (χ0) is 19.3. The summed E-state index contributed by atoms with van der Waals surface area (Å²) < 4.78 is 23.2. The molecule has 7 nitrogen and oxygen atoms in total. The Bertz CT molecular complexity index is 648. The first-order chi connectivity index (χ1) is 12.3. The van der Waals surface area contributed by atoms with E-state index in [4.69, 9.17) is 18.9 Å². The molecular formula is C18H22O7Se. The van der Waals surface area contributed by atoms with Crippen LogP contribution in [0.2, 0.25) is 0 Å². The Kier molecular flexibility index (Phi) is 7.20. The van der Waals surface area contributed by atoms with Gasteiger partial charge in [-0.1, -0.05) is 0 Å². The standard InChI is InChI=1S/C18H22O7Se/c1-10-15(23-11(2)19)16(24-12(3)20)17(25-13(4)21)18(22-10)26-14-8-6-5-7-9-14/h5-10,15-18H,1-4H3/t10-,15-,16+,17+,18+/m0/s1. The minimum atomic E-state index is -0.931. The molecule has 8 heteroatoms. The summed E-state index contributed by atoms with van der Waals surface area (Å²) >= 11 is -0.213. The molecule has 0 amide bonds. The third-order valence-corrected chi connectivity index (χ3v) is 6.05. The quantitative estimate of drug-likeness (QED) is 0.384. The third-order valence-electron chi connectivity index (χ3n) is 3.63. The predicted molar refractivity (Wildman–Crippen MR) is 92.8 cm³/mol. The van der Waals surface area contributed by atoms with Gasteiger partial charge in [0, 0.05) is 0 Å². The van der Waals surface area contributed by atoms with Gasteiger partial charge in [0.15, 0.2) is 0 Å². The van der Waals surface area contributed by atoms with Crippen molar-refractivity contribution in [1.82, 2.24) is 0 Å². The van der Waals surface area contributed by atoms with Gasteiger partial charge < -0.3 is 0 Å². The van der Waals surface area contributed by atoms with Crippen LogP contribution in [0.4, 0.5) is 0 Å². The Hall–Kier alpha value is -1.89. The summed E-state index contributed by atoms with van der Waals surface area (Å²) in [6, 6.07) is 9.65. The van der Waals surface area contributed by atoms with Gasteiger partial charge in [0.25, 0.3) is 0 Å². The molecule has 5 atom stereocenters. The zero-order valence-corrected chi connectivity index (χ0v) is 16.8. The SMILES string of the molecule is CC(=O)O[C@@H]1[C@@H](OC(C)=O)[C@H](C)O[C@H]([Se]c2ccccc2)[C@@H]1OC(C)=O. The molecule has 0 radical (unpaired) electrons. The first kappa shape index (κ1) is 20.4. The fourth-order valence-corrected chi connectivity index (χ4v) is 5.13. The molecule has 0 aliphatic carbocycles. The van der Waals surface area contributed by atoms with Gasteiger partial charge in [0.2, 0.25) is 0 Å². The van der Waals surface area contributed by atoms with Crippen molar-refractivity contribution in [3.63, 3.8) is 0 Å². The number of hydrogen-bond acceptors (Lipinski definition) is 7. The molecule has 0 saturated carbocycles. The van der Waals surface area contributed by atoms with E-state index in [-0.39, 0.29) is 15.0 Å². The van der Waals surface area contributed by atoms with Crippen molar-refractivity contribution in [2.45, 2.75) is 57.1 Å². The molecule has 1 aromatic carbocycles. The van der Waals surface area contributed by atoms with E-state index in [0.717, 1.165) is 4.46 Å². The number of benzene rings is 1. The minimum absolute atomic E-state index is 0.213. The van der Waals surface area contributed by atoms with E-state index in [1.54, 1.807) is 6.92 Å². The average molecular weight is 429 g/mol. The second kappa shape index (κ2) is 9.16. The number of carbonyl (C=O) groups is 3. The fraction of sp³-hybridized carbons (Fsp3) is 0.500. The predicted octanol–water partition coefficient (Wildman–Crippen LogP) is 0.556. The summed E-state index contributed by atoms with van der Waals surface area (Å²) in [5.74, 6) is -1.61. The summed E-state index contributed by atoms with van der Waals surface area (Å²) in [7, 11) is 0. The maximum atomic E-state index is 11.6. The van der Waals surface area contributed by atoms with Gasteiger partial charge in [-0.15, -0.1) is 0 Å². The van der Waals surface area contributed by atoms with Crippen molar-refractivity contribution >= 4 is 37.3 Å². The number of hydrogen-bond donors (Lipinski definition) is 0. The molecule has 142 valence electrons. The van der Waals surface area contributed by atoms with E-state index in [2.05, 4.69) is 0 Å². The number of carbonyl (C=O) groups excluding carboxylic acids is 3. The number of ether oxygens (including phenoxy) is 4. The second-order valence-electron chi connectivity index (χ2n) is 5.86. The fourth-order valence-electron chi connectivity index (χ4n) is 2.70. The van der Waals surface area contributed by atoms with Crippen LogP contribution in [0.25, 0.3) is 0 Å². The van der Waals surface area contributed by atoms with E-state index in [1.807, 2.05) is 30.3 Å². The molecule has 0 N–H and O–H groups in total. The van der Waals surface area contributed by atoms with E-state index in [1.165, 1.54) is 20.8 Å². The molecule has 0 bridgehead atoms. The monoisotopic (exact) mass is 430 g/mol. The third kappa shape index (κ3) is 5.56. The first-order valence-corrected chi connectivity index (χ1v) is 10.0. The van der Waals surface area contributed by atoms with Crippen molar-refractivity contribution in [3.8, 4) is 0 Å². The normalized spacial score (nSPS) is 28.1. The second-order valence-corrected chi connectivity index (χ2v) is 8.32. The topological polar surface area (TPSA) is 88.1 Å². The maximum absolute atomic E-state index is 11.6. The van der Waals surface area contributed by atoms with Gasteiger partial charge in [-0.2, -0.15) is 0 Å². The Morgan fingerprint density at radius 2 is 1.35 bits per heavy atom. The summed E-state index contributed by atoms with van der Waals surface area (Å²) in [4.78, 5) is 34.7. The van der Waals surface area contributed by atoms with Crippen LogP contribution in [0.3, 0.4) is 0 Å². The molecule has 1 saturated heterocycles. The van der Waals surface area contributed by atoms with E-state index >= 15 is 0 Å². The molecule has 0 aromatic heterocycles. The molecule has 1 heterocycles. The van der Waals surface area contributed by atoms with E-state index < -0.39 is 47.3 Å². The van der Waals surface area contributed by atoms with Gasteiger partial charge in [-0.05, 0) is 0 Å². The van der Waals surface area contributed by atoms with E-state index in [0.29, 0.717) is 0 Å². The Labute approximate surface area is 158 Å². The van der Waals surface area contributed by atoms with Crippen LogP contribution in [-0.4, -0.2) is 62.3 Å². The molecule has 26 heavy (non-hydrogen) atoms. The van der Waals surface area contributed by atoms with Crippen LogP contribution in [0, 0.1) is 0 Å². The summed E-state index contributed by atoms with van der Waals surface area (Å²) in [5, 5.41) is -0.486. The van der Waals surface area contributed by atoms with Crippen molar-refractivity contribution in [2.24, 2.45) is 0 Å². The molecule has 1 aromatic rings. The molecule has 1 aliphatic rings. The molecule has 2 rings (SSSR count). The molecule has 1 aliphatic heterocycles. The van der Waals surface area contributed by atoms with Crippen LogP contribution >= 0.6 is 0 Å². The Balaban J connectivity index is 2.33. The summed E-state index contributed by atoms with van der Waals surface area (Å²) in [6.45, 7) is 5.53. The van der Waals surface area contributed by atoms with Crippen molar-refractivity contribution in [3.05, 3.63) is 30.3 Å². The van der Waals surface area contributed by atoms with Crippen LogP contribution in [0.1, 0.15) is 27.7 Å². The van der Waals surface area contributed by atoms with Crippen LogP contribution in [-0.2, 0) is 33.3 Å². The van der Waals surface area contributed by atoms with Gasteiger partial charge in [0.05, 0.1) is 0 Å². The van der Waals surface area contributed by atoms with Crippen molar-refractivity contribution < 1.29 is 33.3 Å². The van der Waals surface area contributed by atoms with Gasteiger partial charge in [0.1, 0.15) is 0 Å². The Morgan fingerprint density at radius 3 is 1.88 bits per heavy atom. The van der Waals surface area contributed by atoms with Crippen LogP contribution in [0.15, 0.2) is 30.3 Å². The van der Waals surface area contributed by atoms with Gasteiger partial charge in [-0.3, -0.25) is 0 Å². The Morgan fingerprint density at radius 1 is 0.846 bits per heavy atom.